The molecule has 1 aromatic rings. The smallest absolute Gasteiger partial charge is 0.325 e. The highest BCUT2D eigenvalue weighted by Gasteiger charge is 2.09. The van der Waals surface area contributed by atoms with Crippen LogP contribution in [0.4, 0.5) is 0 Å². The van der Waals surface area contributed by atoms with Crippen LogP contribution >= 0.6 is 11.6 Å². The van der Waals surface area contributed by atoms with Gasteiger partial charge in [0.1, 0.15) is 11.7 Å². The summed E-state index contributed by atoms with van der Waals surface area (Å²) in [4.78, 5) is 26.3. The van der Waals surface area contributed by atoms with Crippen molar-refractivity contribution in [2.45, 2.75) is 6.92 Å². The number of halogens is 1. The lowest BCUT2D eigenvalue weighted by molar-refractivity contribution is -0.139. The van der Waals surface area contributed by atoms with Gasteiger partial charge in [-0.3, -0.25) is 9.59 Å². The Balaban J connectivity index is 2.69. The van der Waals surface area contributed by atoms with Crippen LogP contribution in [0, 0.1) is 6.92 Å². The van der Waals surface area contributed by atoms with Crippen LogP contribution in [0.5, 0.6) is 0 Å². The molecule has 0 spiro atoms. The number of pyridine rings is 1. The van der Waals surface area contributed by atoms with Gasteiger partial charge >= 0.3 is 5.97 Å². The van der Waals surface area contributed by atoms with Gasteiger partial charge in [-0.05, 0) is 19.1 Å². The Labute approximate surface area is 97.8 Å². The zero-order valence-electron chi connectivity index (χ0n) is 8.91. The number of carbonyl (C=O) groups is 2. The van der Waals surface area contributed by atoms with Crippen molar-refractivity contribution >= 4 is 23.5 Å². The second kappa shape index (κ2) is 5.46. The van der Waals surface area contributed by atoms with Crippen molar-refractivity contribution in [1.82, 2.24) is 10.3 Å². The van der Waals surface area contributed by atoms with Gasteiger partial charge in [0, 0.05) is 11.3 Å². The van der Waals surface area contributed by atoms with Crippen molar-refractivity contribution in [3.63, 3.8) is 0 Å². The van der Waals surface area contributed by atoms with E-state index in [0.717, 1.165) is 0 Å². The maximum Gasteiger partial charge on any atom is 0.325 e. The minimum Gasteiger partial charge on any atom is -0.468 e. The number of carbonyl (C=O) groups excluding carboxylic acids is 2. The fourth-order valence-corrected chi connectivity index (χ4v) is 1.34. The van der Waals surface area contributed by atoms with E-state index in [1.807, 2.05) is 0 Å². The Hall–Kier alpha value is -1.62. The molecule has 0 fully saturated rings. The summed E-state index contributed by atoms with van der Waals surface area (Å²) in [6, 6.07) is 3.01. The molecular formula is C10H11ClN2O3. The molecule has 0 radical (unpaired) electrons. The number of hydrogen-bond acceptors (Lipinski definition) is 4. The van der Waals surface area contributed by atoms with Gasteiger partial charge in [-0.2, -0.15) is 0 Å². The first-order valence-corrected chi connectivity index (χ1v) is 4.90. The minimum atomic E-state index is -0.509. The van der Waals surface area contributed by atoms with Crippen LogP contribution in [0.2, 0.25) is 5.15 Å². The molecule has 1 amide bonds. The van der Waals surface area contributed by atoms with E-state index in [4.69, 9.17) is 11.6 Å². The lowest BCUT2D eigenvalue weighted by Crippen LogP contribution is -2.30. The van der Waals surface area contributed by atoms with Crippen LogP contribution in [0.15, 0.2) is 12.1 Å². The number of aryl methyl sites for hydroxylation is 1. The summed E-state index contributed by atoms with van der Waals surface area (Å²) in [5.41, 5.74) is 0.997. The van der Waals surface area contributed by atoms with Gasteiger partial charge in [-0.25, -0.2) is 4.98 Å². The molecule has 0 saturated carbocycles. The third kappa shape index (κ3) is 3.51. The van der Waals surface area contributed by atoms with Crippen molar-refractivity contribution in [1.29, 1.82) is 0 Å². The van der Waals surface area contributed by atoms with Gasteiger partial charge in [0.25, 0.3) is 5.91 Å². The third-order valence-corrected chi connectivity index (χ3v) is 2.00. The van der Waals surface area contributed by atoms with Crippen LogP contribution in [-0.2, 0) is 9.53 Å². The molecule has 16 heavy (non-hydrogen) atoms. The van der Waals surface area contributed by atoms with Crippen molar-refractivity contribution in [3.05, 3.63) is 28.5 Å². The van der Waals surface area contributed by atoms with Gasteiger partial charge in [-0.15, -0.1) is 0 Å². The molecule has 0 aliphatic rings. The zero-order valence-corrected chi connectivity index (χ0v) is 9.67. The summed E-state index contributed by atoms with van der Waals surface area (Å²) >= 11 is 5.70. The summed E-state index contributed by atoms with van der Waals surface area (Å²) in [5.74, 6) is -0.900. The molecule has 0 aliphatic carbocycles. The van der Waals surface area contributed by atoms with E-state index in [1.165, 1.54) is 13.2 Å². The normalized spacial score (nSPS) is 9.69. The van der Waals surface area contributed by atoms with Gasteiger partial charge < -0.3 is 10.1 Å². The SMILES string of the molecule is COC(=O)CNC(=O)c1cc(C)nc(Cl)c1. The predicted octanol–water partition coefficient (Wildman–Crippen LogP) is 0.946. The van der Waals surface area contributed by atoms with Gasteiger partial charge in [0.15, 0.2) is 0 Å². The summed E-state index contributed by atoms with van der Waals surface area (Å²) in [5, 5.41) is 2.64. The molecule has 1 rings (SSSR count). The Morgan fingerprint density at radius 1 is 1.50 bits per heavy atom. The Kier molecular flexibility index (Phi) is 4.25. The molecule has 86 valence electrons. The van der Waals surface area contributed by atoms with E-state index in [9.17, 15) is 9.59 Å². The van der Waals surface area contributed by atoms with Gasteiger partial charge in [-0.1, -0.05) is 11.6 Å². The third-order valence-electron chi connectivity index (χ3n) is 1.81. The van der Waals surface area contributed by atoms with Crippen LogP contribution in [0.25, 0.3) is 0 Å². The average Bonchev–Trinajstić information content (AvgIpc) is 2.23. The molecule has 0 bridgehead atoms. The van der Waals surface area contributed by atoms with Gasteiger partial charge in [0.05, 0.1) is 7.11 Å². The molecule has 1 N–H and O–H groups in total. The molecule has 0 saturated heterocycles. The number of ether oxygens (including phenoxy) is 1. The van der Waals surface area contributed by atoms with Crippen molar-refractivity contribution in [2.75, 3.05) is 13.7 Å². The second-order valence-corrected chi connectivity index (χ2v) is 3.47. The standard InChI is InChI=1S/C10H11ClN2O3/c1-6-3-7(4-8(11)13-6)10(15)12-5-9(14)16-2/h3-4H,5H2,1-2H3,(H,12,15). The largest absolute Gasteiger partial charge is 0.468 e. The molecule has 0 atom stereocenters. The van der Waals surface area contributed by atoms with Crippen molar-refractivity contribution < 1.29 is 14.3 Å². The summed E-state index contributed by atoms with van der Waals surface area (Å²) in [6.45, 7) is 1.55. The molecule has 1 heterocycles. The highest BCUT2D eigenvalue weighted by molar-refractivity contribution is 6.29. The highest BCUT2D eigenvalue weighted by atomic mass is 35.5. The minimum absolute atomic E-state index is 0.172. The average molecular weight is 243 g/mol. The zero-order chi connectivity index (χ0) is 12.1. The van der Waals surface area contributed by atoms with E-state index in [1.54, 1.807) is 13.0 Å². The van der Waals surface area contributed by atoms with E-state index < -0.39 is 11.9 Å². The topological polar surface area (TPSA) is 68.3 Å². The van der Waals surface area contributed by atoms with Crippen LogP contribution in [-0.4, -0.2) is 30.5 Å². The second-order valence-electron chi connectivity index (χ2n) is 3.08. The molecule has 1 aromatic heterocycles. The van der Waals surface area contributed by atoms with Crippen molar-refractivity contribution in [2.24, 2.45) is 0 Å². The molecule has 5 nitrogen and oxygen atoms in total. The number of aromatic nitrogens is 1. The molecule has 6 heteroatoms. The molecular weight excluding hydrogens is 232 g/mol. The fraction of sp³-hybridized carbons (Fsp3) is 0.300. The lowest BCUT2D eigenvalue weighted by atomic mass is 10.2. The number of nitrogens with one attached hydrogen (secondary N) is 1. The first-order chi connectivity index (χ1) is 7.52. The first kappa shape index (κ1) is 12.4. The number of rotatable bonds is 3. The van der Waals surface area contributed by atoms with E-state index in [2.05, 4.69) is 15.0 Å². The number of methoxy groups -OCH3 is 1. The summed E-state index contributed by atoms with van der Waals surface area (Å²) in [7, 11) is 1.25. The van der Waals surface area contributed by atoms with Gasteiger partial charge in [0.2, 0.25) is 0 Å². The fourth-order valence-electron chi connectivity index (χ4n) is 1.09. The Morgan fingerprint density at radius 2 is 2.19 bits per heavy atom. The van der Waals surface area contributed by atoms with Crippen LogP contribution < -0.4 is 5.32 Å². The van der Waals surface area contributed by atoms with E-state index in [0.29, 0.717) is 11.3 Å². The maximum absolute atomic E-state index is 11.6. The summed E-state index contributed by atoms with van der Waals surface area (Å²) in [6.07, 6.45) is 0. The monoisotopic (exact) mass is 242 g/mol. The number of nitrogens with zero attached hydrogens (tertiary/aromatic N) is 1. The Morgan fingerprint density at radius 3 is 2.75 bits per heavy atom. The van der Waals surface area contributed by atoms with E-state index in [-0.39, 0.29) is 11.7 Å². The molecule has 0 aliphatic heterocycles. The van der Waals surface area contributed by atoms with Crippen molar-refractivity contribution in [3.8, 4) is 0 Å². The number of hydrogen-bond donors (Lipinski definition) is 1. The lowest BCUT2D eigenvalue weighted by Gasteiger charge is -2.04. The van der Waals surface area contributed by atoms with Crippen LogP contribution in [0.3, 0.4) is 0 Å². The summed E-state index contributed by atoms with van der Waals surface area (Å²) < 4.78 is 4.39. The number of esters is 1. The maximum atomic E-state index is 11.6. The quantitative estimate of drug-likeness (QED) is 0.633. The highest BCUT2D eigenvalue weighted by Crippen LogP contribution is 2.09. The first-order valence-electron chi connectivity index (χ1n) is 4.52. The Bertz CT molecular complexity index is 400. The number of amides is 1. The van der Waals surface area contributed by atoms with Crippen LogP contribution in [0.1, 0.15) is 16.1 Å². The molecule has 0 aromatic carbocycles. The predicted molar refractivity (Wildman–Crippen MR) is 58.3 cm³/mol. The molecule has 0 unspecified atom stereocenters. The van der Waals surface area contributed by atoms with E-state index >= 15 is 0 Å².